The van der Waals surface area contributed by atoms with Gasteiger partial charge in [-0.25, -0.2) is 4.39 Å². The maximum absolute atomic E-state index is 14.2. The van der Waals surface area contributed by atoms with Crippen LogP contribution in [0.25, 0.3) is 11.1 Å². The van der Waals surface area contributed by atoms with E-state index in [2.05, 4.69) is 12.1 Å². The Bertz CT molecular complexity index is 1090. The van der Waals surface area contributed by atoms with Crippen molar-refractivity contribution in [3.05, 3.63) is 88.7 Å². The van der Waals surface area contributed by atoms with Crippen LogP contribution in [-0.4, -0.2) is 13.1 Å². The summed E-state index contributed by atoms with van der Waals surface area (Å²) >= 11 is 0. The van der Waals surface area contributed by atoms with Crippen LogP contribution in [-0.2, 0) is 16.0 Å². The van der Waals surface area contributed by atoms with Gasteiger partial charge in [0.15, 0.2) is 0 Å². The largest absolute Gasteiger partial charge is 0.485 e. The van der Waals surface area contributed by atoms with Crippen LogP contribution in [0.4, 0.5) is 4.39 Å². The Hall–Kier alpha value is -3.14. The first-order valence-electron chi connectivity index (χ1n) is 10.7. The summed E-state index contributed by atoms with van der Waals surface area (Å²) < 4.78 is 25.4. The second-order valence-corrected chi connectivity index (χ2v) is 8.30. The molecule has 2 atom stereocenters. The lowest BCUT2D eigenvalue weighted by molar-refractivity contribution is -0.140. The molecule has 0 radical (unpaired) electrons. The van der Waals surface area contributed by atoms with Crippen LogP contribution in [0, 0.1) is 12.7 Å². The Balaban J connectivity index is 1.52. The third-order valence-corrected chi connectivity index (χ3v) is 6.02. The zero-order chi connectivity index (χ0) is 22.0. The number of hydrogen-bond donors (Lipinski definition) is 0. The lowest BCUT2D eigenvalue weighted by Gasteiger charge is -2.27. The molecule has 0 amide bonds. The van der Waals surface area contributed by atoms with Gasteiger partial charge in [0.2, 0.25) is 0 Å². The first kappa shape index (κ1) is 21.1. The van der Waals surface area contributed by atoms with E-state index >= 15 is 0 Å². The minimum absolute atomic E-state index is 0.0462. The molecule has 2 unspecified atom stereocenters. The van der Waals surface area contributed by atoms with Crippen LogP contribution >= 0.6 is 0 Å². The molecule has 0 saturated carbocycles. The molecule has 3 aromatic rings. The predicted octanol–water partition coefficient (Wildman–Crippen LogP) is 6.53. The molecule has 1 aliphatic heterocycles. The molecule has 3 nitrogen and oxygen atoms in total. The number of benzene rings is 3. The topological polar surface area (TPSA) is 35.5 Å². The van der Waals surface area contributed by atoms with Crippen molar-refractivity contribution < 1.29 is 18.7 Å². The minimum atomic E-state index is -0.214. The fraction of sp³-hybridized carbons (Fsp3) is 0.296. The average molecular weight is 419 g/mol. The van der Waals surface area contributed by atoms with Gasteiger partial charge in [-0.2, -0.15) is 0 Å². The number of ether oxygens (including phenoxy) is 2. The Kier molecular flexibility index (Phi) is 6.08. The van der Waals surface area contributed by atoms with Crippen LogP contribution in [0.3, 0.4) is 0 Å². The minimum Gasteiger partial charge on any atom is -0.485 e. The van der Waals surface area contributed by atoms with Gasteiger partial charge >= 0.3 is 5.97 Å². The van der Waals surface area contributed by atoms with Crippen molar-refractivity contribution in [1.82, 2.24) is 0 Å². The maximum atomic E-state index is 14.2. The van der Waals surface area contributed by atoms with Crippen molar-refractivity contribution in [2.75, 3.05) is 7.11 Å². The van der Waals surface area contributed by atoms with Crippen LogP contribution in [0.2, 0.25) is 0 Å². The number of halogens is 1. The van der Waals surface area contributed by atoms with Gasteiger partial charge in [0.05, 0.1) is 13.5 Å². The zero-order valence-corrected chi connectivity index (χ0v) is 18.2. The highest BCUT2D eigenvalue weighted by atomic mass is 19.1. The highest BCUT2D eigenvalue weighted by Gasteiger charge is 2.23. The van der Waals surface area contributed by atoms with Crippen LogP contribution in [0.5, 0.6) is 5.75 Å². The number of aryl methyl sites for hydroxylation is 2. The standard InChI is InChI=1S/C27H27FO3/c1-17-4-12-24(28)23(14-17)19-5-7-20(8-6-19)25-13-11-21-9-10-22(16-26(21)31-25)18(2)15-27(29)30-3/h4-10,12,14,16,18,25H,11,13,15H2,1-3H3. The number of methoxy groups -OCH3 is 1. The number of carbonyl (C=O) groups is 1. The maximum Gasteiger partial charge on any atom is 0.306 e. The van der Waals surface area contributed by atoms with Gasteiger partial charge in [0.1, 0.15) is 17.7 Å². The summed E-state index contributed by atoms with van der Waals surface area (Å²) in [5.74, 6) is 0.508. The molecule has 0 aromatic heterocycles. The van der Waals surface area contributed by atoms with Crippen molar-refractivity contribution in [2.45, 2.75) is 45.1 Å². The lowest BCUT2D eigenvalue weighted by Crippen LogP contribution is -2.15. The highest BCUT2D eigenvalue weighted by molar-refractivity contribution is 5.70. The molecule has 1 aliphatic rings. The van der Waals surface area contributed by atoms with E-state index in [1.165, 1.54) is 18.7 Å². The molecule has 0 bridgehead atoms. The van der Waals surface area contributed by atoms with Crippen molar-refractivity contribution in [1.29, 1.82) is 0 Å². The van der Waals surface area contributed by atoms with E-state index in [0.29, 0.717) is 12.0 Å². The molecule has 0 saturated heterocycles. The van der Waals surface area contributed by atoms with Gasteiger partial charge in [-0.1, -0.05) is 55.0 Å². The molecule has 0 aliphatic carbocycles. The van der Waals surface area contributed by atoms with Crippen LogP contribution in [0.1, 0.15) is 54.0 Å². The second-order valence-electron chi connectivity index (χ2n) is 8.30. The summed E-state index contributed by atoms with van der Waals surface area (Å²) in [7, 11) is 1.41. The van der Waals surface area contributed by atoms with Crippen molar-refractivity contribution in [3.63, 3.8) is 0 Å². The van der Waals surface area contributed by atoms with Crippen molar-refractivity contribution >= 4 is 5.97 Å². The number of esters is 1. The summed E-state index contributed by atoms with van der Waals surface area (Å²) in [4.78, 5) is 11.6. The Morgan fingerprint density at radius 3 is 2.65 bits per heavy atom. The molecule has 3 aromatic carbocycles. The summed E-state index contributed by atoms with van der Waals surface area (Å²) in [5.41, 5.74) is 5.84. The molecule has 0 fully saturated rings. The van der Waals surface area contributed by atoms with Crippen LogP contribution in [0.15, 0.2) is 60.7 Å². The van der Waals surface area contributed by atoms with E-state index in [9.17, 15) is 9.18 Å². The number of rotatable bonds is 5. The first-order chi connectivity index (χ1) is 14.9. The Morgan fingerprint density at radius 2 is 1.90 bits per heavy atom. The smallest absolute Gasteiger partial charge is 0.306 e. The normalized spacial score (nSPS) is 16.2. The quantitative estimate of drug-likeness (QED) is 0.442. The third kappa shape index (κ3) is 4.63. The molecule has 31 heavy (non-hydrogen) atoms. The van der Waals surface area contributed by atoms with Gasteiger partial charge in [-0.05, 0) is 66.1 Å². The molecule has 0 spiro atoms. The van der Waals surface area contributed by atoms with Crippen LogP contribution < -0.4 is 4.74 Å². The number of carbonyl (C=O) groups excluding carboxylic acids is 1. The van der Waals surface area contributed by atoms with Gasteiger partial charge in [0.25, 0.3) is 0 Å². The zero-order valence-electron chi connectivity index (χ0n) is 18.2. The third-order valence-electron chi connectivity index (χ3n) is 6.02. The Labute approximate surface area is 182 Å². The number of fused-ring (bicyclic) bond motifs is 1. The monoisotopic (exact) mass is 418 g/mol. The predicted molar refractivity (Wildman–Crippen MR) is 120 cm³/mol. The van der Waals surface area contributed by atoms with E-state index in [-0.39, 0.29) is 23.8 Å². The van der Waals surface area contributed by atoms with E-state index in [0.717, 1.165) is 40.8 Å². The SMILES string of the molecule is COC(=O)CC(C)c1ccc2c(c1)OC(c1ccc(-c3cc(C)ccc3F)cc1)CC2. The van der Waals surface area contributed by atoms with Gasteiger partial charge < -0.3 is 9.47 Å². The molecule has 0 N–H and O–H groups in total. The van der Waals surface area contributed by atoms with Gasteiger partial charge in [-0.3, -0.25) is 4.79 Å². The van der Waals surface area contributed by atoms with Gasteiger partial charge in [-0.15, -0.1) is 0 Å². The fourth-order valence-electron chi connectivity index (χ4n) is 4.12. The van der Waals surface area contributed by atoms with E-state index in [1.807, 2.05) is 50.2 Å². The summed E-state index contributed by atoms with van der Waals surface area (Å²) in [6.07, 6.45) is 2.12. The summed E-state index contributed by atoms with van der Waals surface area (Å²) in [6.45, 7) is 3.98. The summed E-state index contributed by atoms with van der Waals surface area (Å²) in [6, 6.07) is 19.3. The van der Waals surface area contributed by atoms with Gasteiger partial charge in [0, 0.05) is 5.56 Å². The Morgan fingerprint density at radius 1 is 1.13 bits per heavy atom. The second kappa shape index (κ2) is 8.93. The highest BCUT2D eigenvalue weighted by Crippen LogP contribution is 2.37. The fourth-order valence-corrected chi connectivity index (χ4v) is 4.12. The number of hydrogen-bond acceptors (Lipinski definition) is 3. The molecular formula is C27H27FO3. The molecule has 160 valence electrons. The van der Waals surface area contributed by atoms with E-state index in [4.69, 9.17) is 9.47 Å². The molecule has 4 rings (SSSR count). The summed E-state index contributed by atoms with van der Waals surface area (Å²) in [5, 5.41) is 0. The molecular weight excluding hydrogens is 391 g/mol. The first-order valence-corrected chi connectivity index (χ1v) is 10.7. The van der Waals surface area contributed by atoms with E-state index in [1.54, 1.807) is 6.07 Å². The average Bonchev–Trinajstić information content (AvgIpc) is 2.80. The molecule has 4 heteroatoms. The molecule has 1 heterocycles. The van der Waals surface area contributed by atoms with Crippen molar-refractivity contribution in [3.8, 4) is 16.9 Å². The van der Waals surface area contributed by atoms with E-state index < -0.39 is 0 Å². The van der Waals surface area contributed by atoms with Crippen molar-refractivity contribution in [2.24, 2.45) is 0 Å². The lowest BCUT2D eigenvalue weighted by atomic mass is 9.92.